The molecule has 1 aromatic carbocycles. The highest BCUT2D eigenvalue weighted by Crippen LogP contribution is 2.20. The van der Waals surface area contributed by atoms with Crippen molar-refractivity contribution in [3.63, 3.8) is 0 Å². The van der Waals surface area contributed by atoms with E-state index in [4.69, 9.17) is 0 Å². The van der Waals surface area contributed by atoms with Gasteiger partial charge in [0.05, 0.1) is 5.75 Å². The van der Waals surface area contributed by atoms with E-state index in [0.29, 0.717) is 5.75 Å². The van der Waals surface area contributed by atoms with Crippen LogP contribution >= 0.6 is 11.8 Å². The van der Waals surface area contributed by atoms with Crippen molar-refractivity contribution in [1.82, 2.24) is 20.1 Å². The molecule has 0 saturated heterocycles. The van der Waals surface area contributed by atoms with Crippen LogP contribution in [0.2, 0.25) is 0 Å². The second-order valence-corrected chi connectivity index (χ2v) is 7.56. The van der Waals surface area contributed by atoms with Crippen LogP contribution in [0.15, 0.2) is 47.1 Å². The third-order valence-corrected chi connectivity index (χ3v) is 5.64. The van der Waals surface area contributed by atoms with E-state index in [2.05, 4.69) is 33.7 Å². The van der Waals surface area contributed by atoms with Crippen LogP contribution in [0.3, 0.4) is 0 Å². The number of hydrogen-bond acceptors (Lipinski definition) is 4. The van der Waals surface area contributed by atoms with Gasteiger partial charge in [0.1, 0.15) is 5.82 Å². The standard InChI is InChI=1S/C20H26N4OS/c1-24-18(14-17-10-6-3-7-11-17)22-23-20(24)26-15-19(25)21-13-12-16-8-4-2-5-9-16/h3,6-8,10-11H,2,4-5,9,12-15H2,1H3,(H,21,25). The predicted molar refractivity (Wildman–Crippen MR) is 105 cm³/mol. The van der Waals surface area contributed by atoms with Crippen LogP contribution in [0.5, 0.6) is 0 Å². The number of thioether (sulfide) groups is 1. The Hall–Kier alpha value is -2.08. The number of benzene rings is 1. The highest BCUT2D eigenvalue weighted by Gasteiger charge is 2.12. The monoisotopic (exact) mass is 370 g/mol. The van der Waals surface area contributed by atoms with E-state index in [1.165, 1.54) is 48.6 Å². The first kappa shape index (κ1) is 18.7. The van der Waals surface area contributed by atoms with Gasteiger partial charge in [-0.05, 0) is 37.7 Å². The summed E-state index contributed by atoms with van der Waals surface area (Å²) < 4.78 is 1.97. The molecular formula is C20H26N4OS. The molecule has 0 fully saturated rings. The Morgan fingerprint density at radius 1 is 1.23 bits per heavy atom. The van der Waals surface area contributed by atoms with Crippen LogP contribution in [-0.2, 0) is 18.3 Å². The van der Waals surface area contributed by atoms with E-state index in [1.54, 1.807) is 0 Å². The van der Waals surface area contributed by atoms with Gasteiger partial charge >= 0.3 is 0 Å². The lowest BCUT2D eigenvalue weighted by Gasteiger charge is -2.12. The molecule has 0 bridgehead atoms. The van der Waals surface area contributed by atoms with Crippen LogP contribution in [0.4, 0.5) is 0 Å². The quantitative estimate of drug-likeness (QED) is 0.571. The van der Waals surface area contributed by atoms with Crippen molar-refractivity contribution in [3.05, 3.63) is 53.4 Å². The largest absolute Gasteiger partial charge is 0.355 e. The molecule has 3 rings (SSSR count). The average Bonchev–Trinajstić information content (AvgIpc) is 3.01. The molecule has 26 heavy (non-hydrogen) atoms. The van der Waals surface area contributed by atoms with Crippen molar-refractivity contribution in [1.29, 1.82) is 0 Å². The molecule has 1 aliphatic rings. The maximum atomic E-state index is 12.1. The maximum Gasteiger partial charge on any atom is 0.230 e. The van der Waals surface area contributed by atoms with Crippen LogP contribution in [0.25, 0.3) is 0 Å². The summed E-state index contributed by atoms with van der Waals surface area (Å²) in [5, 5.41) is 12.3. The molecular weight excluding hydrogens is 344 g/mol. The second-order valence-electron chi connectivity index (χ2n) is 6.62. The minimum Gasteiger partial charge on any atom is -0.355 e. The van der Waals surface area contributed by atoms with Gasteiger partial charge in [-0.25, -0.2) is 0 Å². The van der Waals surface area contributed by atoms with Gasteiger partial charge in [-0.2, -0.15) is 0 Å². The summed E-state index contributed by atoms with van der Waals surface area (Å²) in [6.07, 6.45) is 9.01. The van der Waals surface area contributed by atoms with Crippen LogP contribution in [0.1, 0.15) is 43.5 Å². The van der Waals surface area contributed by atoms with E-state index in [9.17, 15) is 4.79 Å². The fourth-order valence-electron chi connectivity index (χ4n) is 3.08. The number of amides is 1. The molecule has 1 aliphatic carbocycles. The van der Waals surface area contributed by atoms with E-state index >= 15 is 0 Å². The summed E-state index contributed by atoms with van der Waals surface area (Å²) in [5.41, 5.74) is 2.69. The normalized spacial score (nSPS) is 14.1. The molecule has 1 amide bonds. The number of hydrogen-bond donors (Lipinski definition) is 1. The number of rotatable bonds is 8. The smallest absolute Gasteiger partial charge is 0.230 e. The first-order valence-electron chi connectivity index (χ1n) is 9.22. The van der Waals surface area contributed by atoms with Crippen LogP contribution in [0, 0.1) is 0 Å². The second kappa shape index (κ2) is 9.57. The lowest BCUT2D eigenvalue weighted by Crippen LogP contribution is -2.26. The molecule has 138 valence electrons. The van der Waals surface area contributed by atoms with Crippen molar-refractivity contribution in [2.75, 3.05) is 12.3 Å². The molecule has 1 N–H and O–H groups in total. The van der Waals surface area contributed by atoms with E-state index < -0.39 is 0 Å². The zero-order chi connectivity index (χ0) is 18.2. The Balaban J connectivity index is 1.42. The maximum absolute atomic E-state index is 12.1. The molecule has 0 spiro atoms. The Morgan fingerprint density at radius 2 is 2.08 bits per heavy atom. The van der Waals surface area contributed by atoms with E-state index in [0.717, 1.165) is 30.4 Å². The highest BCUT2D eigenvalue weighted by molar-refractivity contribution is 7.99. The van der Waals surface area contributed by atoms with Crippen molar-refractivity contribution in [2.45, 2.75) is 43.7 Å². The number of nitrogens with one attached hydrogen (secondary N) is 1. The zero-order valence-electron chi connectivity index (χ0n) is 15.3. The number of carbonyl (C=O) groups excluding carboxylic acids is 1. The lowest BCUT2D eigenvalue weighted by atomic mass is 9.97. The zero-order valence-corrected chi connectivity index (χ0v) is 16.1. The first-order chi connectivity index (χ1) is 12.7. The third kappa shape index (κ3) is 5.46. The van der Waals surface area contributed by atoms with Crippen LogP contribution < -0.4 is 5.32 Å². The predicted octanol–water partition coefficient (Wildman–Crippen LogP) is 3.50. The Kier molecular flexibility index (Phi) is 6.89. The van der Waals surface area contributed by atoms with Crippen molar-refractivity contribution < 1.29 is 4.79 Å². The number of allylic oxidation sites excluding steroid dienone is 1. The highest BCUT2D eigenvalue weighted by atomic mass is 32.2. The van der Waals surface area contributed by atoms with E-state index in [1.807, 2.05) is 29.8 Å². The minimum absolute atomic E-state index is 0.0546. The van der Waals surface area contributed by atoms with Gasteiger partial charge < -0.3 is 9.88 Å². The molecule has 6 heteroatoms. The van der Waals surface area contributed by atoms with Gasteiger partial charge in [0, 0.05) is 20.0 Å². The summed E-state index contributed by atoms with van der Waals surface area (Å²) in [6.45, 7) is 0.725. The molecule has 0 aliphatic heterocycles. The summed E-state index contributed by atoms with van der Waals surface area (Å²) in [5.74, 6) is 1.33. The minimum atomic E-state index is 0.0546. The molecule has 1 heterocycles. The molecule has 2 aromatic rings. The van der Waals surface area contributed by atoms with Crippen molar-refractivity contribution >= 4 is 17.7 Å². The molecule has 0 radical (unpaired) electrons. The first-order valence-corrected chi connectivity index (χ1v) is 10.2. The summed E-state index contributed by atoms with van der Waals surface area (Å²) in [7, 11) is 1.95. The summed E-state index contributed by atoms with van der Waals surface area (Å²) in [6, 6.07) is 10.2. The fourth-order valence-corrected chi connectivity index (χ4v) is 3.84. The van der Waals surface area contributed by atoms with Gasteiger partial charge in [-0.1, -0.05) is 53.7 Å². The molecule has 5 nitrogen and oxygen atoms in total. The van der Waals surface area contributed by atoms with Crippen LogP contribution in [-0.4, -0.2) is 33.0 Å². The lowest BCUT2D eigenvalue weighted by molar-refractivity contribution is -0.118. The molecule has 0 unspecified atom stereocenters. The van der Waals surface area contributed by atoms with Gasteiger partial charge in [-0.3, -0.25) is 4.79 Å². The Morgan fingerprint density at radius 3 is 2.85 bits per heavy atom. The number of carbonyl (C=O) groups is 1. The van der Waals surface area contributed by atoms with Crippen molar-refractivity contribution in [3.8, 4) is 0 Å². The van der Waals surface area contributed by atoms with Gasteiger partial charge in [0.25, 0.3) is 0 Å². The number of aromatic nitrogens is 3. The average molecular weight is 371 g/mol. The van der Waals surface area contributed by atoms with Gasteiger partial charge in [-0.15, -0.1) is 10.2 Å². The van der Waals surface area contributed by atoms with E-state index in [-0.39, 0.29) is 5.91 Å². The fraction of sp³-hybridized carbons (Fsp3) is 0.450. The summed E-state index contributed by atoms with van der Waals surface area (Å²) >= 11 is 1.44. The number of nitrogens with zero attached hydrogens (tertiary/aromatic N) is 3. The van der Waals surface area contributed by atoms with Gasteiger partial charge in [0.2, 0.25) is 5.91 Å². The third-order valence-electron chi connectivity index (χ3n) is 4.62. The topological polar surface area (TPSA) is 59.8 Å². The van der Waals surface area contributed by atoms with Gasteiger partial charge in [0.15, 0.2) is 5.16 Å². The summed E-state index contributed by atoms with van der Waals surface area (Å²) in [4.78, 5) is 12.1. The molecule has 1 aromatic heterocycles. The Labute approximate surface area is 159 Å². The molecule has 0 atom stereocenters. The molecule has 0 saturated carbocycles. The Bertz CT molecular complexity index is 754. The SMILES string of the molecule is Cn1c(Cc2ccccc2)nnc1SCC(=O)NCCC1=CCCCC1. The van der Waals surface area contributed by atoms with Crippen molar-refractivity contribution in [2.24, 2.45) is 7.05 Å².